The van der Waals surface area contributed by atoms with E-state index in [1.807, 2.05) is 39.6 Å². The highest BCUT2D eigenvalue weighted by Crippen LogP contribution is 2.40. The van der Waals surface area contributed by atoms with Gasteiger partial charge in [0, 0.05) is 41.5 Å². The lowest BCUT2D eigenvalue weighted by atomic mass is 10.0. The molecule has 3 aromatic heterocycles. The molecule has 5 rings (SSSR count). The van der Waals surface area contributed by atoms with Crippen molar-refractivity contribution in [3.63, 3.8) is 0 Å². The highest BCUT2D eigenvalue weighted by molar-refractivity contribution is 8.00. The number of nitrogens with one attached hydrogen (secondary N) is 2. The molecule has 6 N–H and O–H groups in total. The zero-order chi connectivity index (χ0) is 28.4. The van der Waals surface area contributed by atoms with Crippen LogP contribution in [0.15, 0.2) is 47.0 Å². The Morgan fingerprint density at radius 3 is 2.90 bits per heavy atom. The Kier molecular flexibility index (Phi) is 7.85. The number of hydrogen-bond acceptors (Lipinski definition) is 13. The average Bonchev–Trinajstić information content (AvgIpc) is 3.56. The van der Waals surface area contributed by atoms with Gasteiger partial charge in [0.2, 0.25) is 11.5 Å². The lowest BCUT2D eigenvalue weighted by Crippen LogP contribution is -2.71. The average molecular weight is 587 g/mol. The summed E-state index contributed by atoms with van der Waals surface area (Å²) in [5.41, 5.74) is 12.1. The van der Waals surface area contributed by atoms with Crippen molar-refractivity contribution >= 4 is 63.4 Å². The van der Waals surface area contributed by atoms with Gasteiger partial charge in [-0.2, -0.15) is 13.8 Å². The molecule has 2 aliphatic heterocycles. The Morgan fingerprint density at radius 1 is 1.38 bits per heavy atom. The minimum absolute atomic E-state index is 0.0473. The van der Waals surface area contributed by atoms with Crippen molar-refractivity contribution in [2.24, 2.45) is 10.9 Å². The number of fused-ring (bicyclic) bond motifs is 2. The monoisotopic (exact) mass is 586 g/mol. The number of aromatic nitrogens is 4. The predicted octanol–water partition coefficient (Wildman–Crippen LogP) is -2.12. The number of imidazole rings is 1. The minimum atomic E-state index is -1.46. The number of nitrogen functional groups attached to an aromatic ring is 1. The fourth-order valence-electron chi connectivity index (χ4n) is 4.53. The van der Waals surface area contributed by atoms with Crippen LogP contribution in [-0.4, -0.2) is 79.5 Å². The van der Waals surface area contributed by atoms with Gasteiger partial charge in [0.15, 0.2) is 10.9 Å². The highest BCUT2D eigenvalue weighted by Gasteiger charge is 2.53. The summed E-state index contributed by atoms with van der Waals surface area (Å²) < 4.78 is 7.82. The van der Waals surface area contributed by atoms with E-state index in [4.69, 9.17) is 16.3 Å². The van der Waals surface area contributed by atoms with Gasteiger partial charge in [0.25, 0.3) is 17.5 Å². The largest absolute Gasteiger partial charge is 0.543 e. The summed E-state index contributed by atoms with van der Waals surface area (Å²) >= 11 is 2.22. The van der Waals surface area contributed by atoms with E-state index in [1.165, 1.54) is 18.9 Å². The molecule has 0 radical (unpaired) electrons. The van der Waals surface area contributed by atoms with Crippen LogP contribution in [0.25, 0.3) is 5.65 Å². The Labute approximate surface area is 236 Å². The number of oxime groups is 1. The summed E-state index contributed by atoms with van der Waals surface area (Å²) in [6, 6.07) is 4.77. The van der Waals surface area contributed by atoms with Crippen LogP contribution in [0.1, 0.15) is 12.2 Å². The molecule has 2 amide bonds. The topological polar surface area (TPSA) is 209 Å². The van der Waals surface area contributed by atoms with E-state index in [9.17, 15) is 19.5 Å². The van der Waals surface area contributed by atoms with Gasteiger partial charge in [-0.25, -0.2) is 4.57 Å². The number of nitrogens with two attached hydrogens (primary N) is 2. The third-order valence-corrected chi connectivity index (χ3v) is 8.20. The van der Waals surface area contributed by atoms with Crippen LogP contribution in [0.4, 0.5) is 10.9 Å². The van der Waals surface area contributed by atoms with Crippen molar-refractivity contribution in [1.82, 2.24) is 24.0 Å². The second-order valence-corrected chi connectivity index (χ2v) is 10.7. The maximum absolute atomic E-state index is 13.1. The van der Waals surface area contributed by atoms with E-state index in [1.54, 1.807) is 0 Å². The summed E-state index contributed by atoms with van der Waals surface area (Å²) in [7, 11) is 1.25. The van der Waals surface area contributed by atoms with Crippen LogP contribution >= 0.6 is 23.3 Å². The zero-order valence-electron chi connectivity index (χ0n) is 21.3. The number of thioether (sulfide) groups is 1. The van der Waals surface area contributed by atoms with E-state index in [0.29, 0.717) is 24.4 Å². The Bertz CT molecular complexity index is 1530. The number of rotatable bonds is 11. The summed E-state index contributed by atoms with van der Waals surface area (Å²) in [5.74, 6) is -1.66. The van der Waals surface area contributed by atoms with Gasteiger partial charge in [-0.1, -0.05) is 5.16 Å². The number of pyridine rings is 1. The fourth-order valence-corrected chi connectivity index (χ4v) is 6.30. The molecule has 210 valence electrons. The van der Waals surface area contributed by atoms with Gasteiger partial charge in [-0.05, 0) is 19.0 Å². The lowest BCUT2D eigenvalue weighted by Gasteiger charge is -2.50. The fraction of sp³-hybridized carbons (Fsp3) is 0.348. The number of amides is 2. The van der Waals surface area contributed by atoms with Gasteiger partial charge >= 0.3 is 0 Å². The first-order valence-corrected chi connectivity index (χ1v) is 14.0. The molecule has 0 aliphatic carbocycles. The second kappa shape index (κ2) is 11.5. The van der Waals surface area contributed by atoms with Gasteiger partial charge in [0.05, 0.1) is 11.7 Å². The van der Waals surface area contributed by atoms with Gasteiger partial charge in [-0.15, -0.1) is 11.8 Å². The number of β-lactam (4-membered cyclic amide) rings is 1. The van der Waals surface area contributed by atoms with Crippen molar-refractivity contribution in [3.05, 3.63) is 47.7 Å². The zero-order valence-corrected chi connectivity index (χ0v) is 22.9. The highest BCUT2D eigenvalue weighted by atomic mass is 32.2. The molecular formula is C23H26N10O5S2. The molecule has 0 bridgehead atoms. The van der Waals surface area contributed by atoms with Crippen molar-refractivity contribution in [2.75, 3.05) is 37.0 Å². The van der Waals surface area contributed by atoms with Crippen LogP contribution in [0.3, 0.4) is 0 Å². The van der Waals surface area contributed by atoms with Crippen LogP contribution in [0, 0.1) is 0 Å². The van der Waals surface area contributed by atoms with Crippen molar-refractivity contribution in [2.45, 2.75) is 24.4 Å². The third-order valence-electron chi connectivity index (χ3n) is 6.32. The lowest BCUT2D eigenvalue weighted by molar-refractivity contribution is -0.662. The van der Waals surface area contributed by atoms with Crippen LogP contribution < -0.4 is 31.8 Å². The van der Waals surface area contributed by atoms with Crippen LogP contribution in [-0.2, 0) is 25.8 Å². The summed E-state index contributed by atoms with van der Waals surface area (Å²) in [5, 5.41) is 21.3. The summed E-state index contributed by atoms with van der Waals surface area (Å²) in [4.78, 5) is 48.1. The first kappa shape index (κ1) is 27.4. The summed E-state index contributed by atoms with van der Waals surface area (Å²) in [6.07, 6.45) is 4.54. The molecule has 40 heavy (non-hydrogen) atoms. The number of hydrogen-bond donors (Lipinski definition) is 4. The normalized spacial score (nSPS) is 18.9. The molecule has 5 heterocycles. The quantitative estimate of drug-likeness (QED) is 0.0627. The molecule has 0 saturated carbocycles. The van der Waals surface area contributed by atoms with Crippen molar-refractivity contribution in [3.8, 4) is 0 Å². The number of carboxylic acid groups (broad SMARTS) is 1. The molecule has 2 aliphatic rings. The Hall–Kier alpha value is -4.22. The third kappa shape index (κ3) is 5.05. The Morgan fingerprint density at radius 2 is 2.20 bits per heavy atom. The van der Waals surface area contributed by atoms with Gasteiger partial charge in [-0.3, -0.25) is 14.5 Å². The molecule has 0 unspecified atom stereocenters. The minimum Gasteiger partial charge on any atom is -0.543 e. The number of nitrogens with zero attached hydrogens (tertiary/aromatic N) is 6. The Balaban J connectivity index is 1.35. The number of carbonyl (C=O) groups excluding carboxylic acids is 3. The molecule has 0 spiro atoms. The molecule has 17 heteroatoms. The smallest absolute Gasteiger partial charge is 0.288 e. The van der Waals surface area contributed by atoms with Crippen LogP contribution in [0.5, 0.6) is 0 Å². The van der Waals surface area contributed by atoms with Crippen molar-refractivity contribution in [1.29, 1.82) is 0 Å². The maximum Gasteiger partial charge on any atom is 0.288 e. The van der Waals surface area contributed by atoms with E-state index in [-0.39, 0.29) is 28.9 Å². The first-order valence-electron chi connectivity index (χ1n) is 12.2. The van der Waals surface area contributed by atoms with E-state index >= 15 is 0 Å². The molecule has 2 atom stereocenters. The van der Waals surface area contributed by atoms with Crippen molar-refractivity contribution < 1.29 is 28.9 Å². The molecule has 3 aromatic rings. The second-order valence-electron chi connectivity index (χ2n) is 8.81. The van der Waals surface area contributed by atoms with E-state index in [2.05, 4.69) is 25.1 Å². The van der Waals surface area contributed by atoms with E-state index in [0.717, 1.165) is 34.3 Å². The number of aliphatic carboxylic acids is 1. The number of anilines is 2. The first-order chi connectivity index (χ1) is 19.3. The summed E-state index contributed by atoms with van der Waals surface area (Å²) in [6.45, 7) is 1.52. The predicted molar refractivity (Wildman–Crippen MR) is 145 cm³/mol. The molecule has 0 aromatic carbocycles. The number of carboxylic acids is 1. The number of carbonyl (C=O) groups is 3. The van der Waals surface area contributed by atoms with E-state index < -0.39 is 29.2 Å². The SMILES string of the molecule is CO/N=C(\C(=O)N[C@@H]1C(=O)N2C(C(=O)[O-])=C(C[n+]3ccn4c(NCCCN)cccc43)CS[C@H]12)c1nsc(N)n1. The molecule has 1 saturated heterocycles. The van der Waals surface area contributed by atoms with Gasteiger partial charge in [0.1, 0.15) is 37.5 Å². The standard InChI is InChI=1S/C23H26N10O5S2/c1-38-29-15(18-28-23(25)40-30-18)19(34)27-16-20(35)33-17(22(36)37)12(11-39-21(16)33)10-31-8-9-32-13(26-7-3-6-24)4-2-5-14(31)32/h2,4-5,8-9,16,21H,3,6-7,10-11,24H2,1H3,(H4,25,27,28,30,34,36,37)/b29-15-/t16-,21-/m1/s1. The van der Waals surface area contributed by atoms with Crippen LogP contribution in [0.2, 0.25) is 0 Å². The molecule has 1 fully saturated rings. The molecular weight excluding hydrogens is 560 g/mol. The van der Waals surface area contributed by atoms with Gasteiger partial charge < -0.3 is 36.8 Å². The molecule has 15 nitrogen and oxygen atoms in total. The maximum atomic E-state index is 13.1.